The third-order valence-corrected chi connectivity index (χ3v) is 2.02. The molecule has 1 aromatic carbocycles. The van der Waals surface area contributed by atoms with Gasteiger partial charge in [0.25, 0.3) is 0 Å². The summed E-state index contributed by atoms with van der Waals surface area (Å²) in [6, 6.07) is 4.78. The second-order valence-corrected chi connectivity index (χ2v) is 3.27. The quantitative estimate of drug-likeness (QED) is 0.652. The lowest BCUT2D eigenvalue weighted by Crippen LogP contribution is -2.08. The number of carbonyl (C=O) groups excluding carboxylic acids is 1. The molecule has 0 saturated heterocycles. The molecule has 1 radical (unpaired) electrons. The third-order valence-electron chi connectivity index (χ3n) is 1.53. The molecule has 0 aliphatic carbocycles. The second-order valence-electron chi connectivity index (χ2n) is 2.36. The van der Waals surface area contributed by atoms with E-state index in [1.807, 2.05) is 0 Å². The van der Waals surface area contributed by atoms with E-state index in [0.717, 1.165) is 4.47 Å². The second kappa shape index (κ2) is 5.02. The van der Waals surface area contributed by atoms with Gasteiger partial charge in [-0.3, -0.25) is 0 Å². The van der Waals surface area contributed by atoms with Crippen LogP contribution in [-0.4, -0.2) is 25.8 Å². The maximum absolute atomic E-state index is 11.2. The van der Waals surface area contributed by atoms with E-state index in [1.54, 1.807) is 18.2 Å². The first-order valence-corrected chi connectivity index (χ1v) is 4.48. The zero-order valence-corrected chi connectivity index (χ0v) is 8.95. The van der Waals surface area contributed by atoms with Crippen LogP contribution in [0.5, 0.6) is 5.75 Å². The summed E-state index contributed by atoms with van der Waals surface area (Å²) in [6.07, 6.45) is 0. The van der Waals surface area contributed by atoms with Crippen LogP contribution in [0.2, 0.25) is 0 Å². The molecule has 0 heterocycles. The summed E-state index contributed by atoms with van der Waals surface area (Å²) in [6.45, 7) is 0. The van der Waals surface area contributed by atoms with Crippen LogP contribution in [0.15, 0.2) is 22.7 Å². The van der Waals surface area contributed by atoms with Crippen molar-refractivity contribution in [2.45, 2.75) is 0 Å². The van der Waals surface area contributed by atoms with Crippen LogP contribution in [0.25, 0.3) is 0 Å². The van der Waals surface area contributed by atoms with Crippen LogP contribution < -0.4 is 4.65 Å². The Morgan fingerprint density at radius 3 is 2.86 bits per heavy atom. The molecule has 73 valence electrons. The number of ether oxygens (including phenoxy) is 1. The molecule has 4 nitrogen and oxygen atoms in total. The Morgan fingerprint density at radius 1 is 1.57 bits per heavy atom. The molecule has 0 bridgehead atoms. The highest BCUT2D eigenvalue weighted by molar-refractivity contribution is 9.10. The van der Waals surface area contributed by atoms with Crippen molar-refractivity contribution < 1.29 is 19.2 Å². The Morgan fingerprint density at radius 2 is 2.29 bits per heavy atom. The Hall–Kier alpha value is -1.01. The van der Waals surface area contributed by atoms with E-state index in [4.69, 9.17) is 9.68 Å². The van der Waals surface area contributed by atoms with E-state index in [1.165, 1.54) is 7.11 Å². The van der Waals surface area contributed by atoms with Crippen molar-refractivity contribution in [3.63, 3.8) is 0 Å². The third kappa shape index (κ3) is 2.49. The van der Waals surface area contributed by atoms with Crippen LogP contribution >= 0.6 is 15.9 Å². The van der Waals surface area contributed by atoms with Gasteiger partial charge in [-0.15, -0.1) is 0 Å². The van der Waals surface area contributed by atoms with Crippen molar-refractivity contribution in [3.8, 4) is 5.75 Å². The molecule has 1 N–H and O–H groups in total. The van der Waals surface area contributed by atoms with Gasteiger partial charge >= 0.3 is 13.7 Å². The fraction of sp³-hybridized carbons (Fsp3) is 0.125. The Kier molecular flexibility index (Phi) is 3.97. The van der Waals surface area contributed by atoms with Crippen LogP contribution in [0, 0.1) is 0 Å². The van der Waals surface area contributed by atoms with E-state index < -0.39 is 5.97 Å². The van der Waals surface area contributed by atoms with Gasteiger partial charge in [0.05, 0.1) is 7.11 Å². The Bertz CT molecular complexity index is 342. The summed E-state index contributed by atoms with van der Waals surface area (Å²) in [5.41, 5.74) is 0.243. The van der Waals surface area contributed by atoms with E-state index >= 15 is 0 Å². The molecular formula is C8H7BBrO4. The molecule has 0 aromatic heterocycles. The molecule has 0 amide bonds. The molecule has 0 aliphatic heterocycles. The predicted molar refractivity (Wildman–Crippen MR) is 54.1 cm³/mol. The maximum atomic E-state index is 11.2. The summed E-state index contributed by atoms with van der Waals surface area (Å²) in [5.74, 6) is -0.286. The number of esters is 1. The summed E-state index contributed by atoms with van der Waals surface area (Å²) in [7, 11) is 1.78. The van der Waals surface area contributed by atoms with Crippen molar-refractivity contribution >= 4 is 29.6 Å². The van der Waals surface area contributed by atoms with Gasteiger partial charge in [-0.1, -0.05) is 15.9 Å². The van der Waals surface area contributed by atoms with Crippen LogP contribution in [0.4, 0.5) is 0 Å². The molecule has 1 aromatic rings. The molecule has 0 saturated carbocycles. The molecule has 0 spiro atoms. The van der Waals surface area contributed by atoms with Crippen LogP contribution in [0.1, 0.15) is 10.4 Å². The number of rotatable bonds is 3. The number of hydrogen-bond donors (Lipinski definition) is 1. The van der Waals surface area contributed by atoms with Gasteiger partial charge < -0.3 is 14.4 Å². The highest BCUT2D eigenvalue weighted by Crippen LogP contribution is 2.23. The van der Waals surface area contributed by atoms with Crippen molar-refractivity contribution in [2.24, 2.45) is 0 Å². The highest BCUT2D eigenvalue weighted by Gasteiger charge is 2.13. The lowest BCUT2D eigenvalue weighted by atomic mass is 10.2. The normalized spacial score (nSPS) is 9.36. The predicted octanol–water partition coefficient (Wildman–Crippen LogP) is 1.14. The molecule has 0 unspecified atom stereocenters. The number of halogens is 1. The molecule has 0 atom stereocenters. The fourth-order valence-electron chi connectivity index (χ4n) is 0.931. The van der Waals surface area contributed by atoms with E-state index in [0.29, 0.717) is 7.69 Å². The average Bonchev–Trinajstić information content (AvgIpc) is 2.20. The van der Waals surface area contributed by atoms with Crippen molar-refractivity contribution in [1.82, 2.24) is 0 Å². The Labute approximate surface area is 90.3 Å². The van der Waals surface area contributed by atoms with Crippen molar-refractivity contribution in [2.75, 3.05) is 7.11 Å². The molecule has 14 heavy (non-hydrogen) atoms. The molecule has 6 heteroatoms. The van der Waals surface area contributed by atoms with Gasteiger partial charge in [-0.2, -0.15) is 0 Å². The van der Waals surface area contributed by atoms with E-state index in [9.17, 15) is 4.79 Å². The fourth-order valence-corrected chi connectivity index (χ4v) is 1.29. The average molecular weight is 258 g/mol. The van der Waals surface area contributed by atoms with Crippen molar-refractivity contribution in [3.05, 3.63) is 28.2 Å². The lowest BCUT2D eigenvalue weighted by molar-refractivity contribution is 0.0598. The largest absolute Gasteiger partial charge is 0.569 e. The van der Waals surface area contributed by atoms with Gasteiger partial charge in [-0.05, 0) is 18.2 Å². The number of methoxy groups -OCH3 is 1. The zero-order valence-electron chi connectivity index (χ0n) is 7.36. The number of benzene rings is 1. The molecule has 0 fully saturated rings. The minimum Gasteiger partial charge on any atom is -0.537 e. The molecular weight excluding hydrogens is 251 g/mol. The Balaban J connectivity index is 3.08. The SMILES string of the molecule is COC(=O)c1cc(Br)ccc1O[B]O. The monoisotopic (exact) mass is 257 g/mol. The van der Waals surface area contributed by atoms with Gasteiger partial charge in [-0.25, -0.2) is 4.79 Å². The summed E-state index contributed by atoms with van der Waals surface area (Å²) in [5, 5.41) is 8.46. The van der Waals surface area contributed by atoms with Gasteiger partial charge in [0.2, 0.25) is 0 Å². The maximum Gasteiger partial charge on any atom is 0.569 e. The first kappa shape index (κ1) is 11.1. The van der Waals surface area contributed by atoms with E-state index in [-0.39, 0.29) is 11.3 Å². The van der Waals surface area contributed by atoms with Crippen LogP contribution in [0.3, 0.4) is 0 Å². The standard InChI is InChI=1S/C8H7BBrO4/c1-13-8(11)6-4-5(10)2-3-7(6)14-9-12/h2-4,12H,1H3. The topological polar surface area (TPSA) is 55.8 Å². The van der Waals surface area contributed by atoms with E-state index in [2.05, 4.69) is 20.7 Å². The number of carbonyl (C=O) groups is 1. The van der Waals surface area contributed by atoms with Gasteiger partial charge in [0.15, 0.2) is 0 Å². The highest BCUT2D eigenvalue weighted by atomic mass is 79.9. The van der Waals surface area contributed by atoms with Crippen molar-refractivity contribution in [1.29, 1.82) is 0 Å². The number of hydrogen-bond acceptors (Lipinski definition) is 4. The minimum atomic E-state index is -0.525. The van der Waals surface area contributed by atoms with Crippen LogP contribution in [-0.2, 0) is 4.74 Å². The summed E-state index contributed by atoms with van der Waals surface area (Å²) < 4.78 is 9.99. The minimum absolute atomic E-state index is 0.238. The van der Waals surface area contributed by atoms with Gasteiger partial charge in [0, 0.05) is 4.47 Å². The lowest BCUT2D eigenvalue weighted by Gasteiger charge is -2.07. The first-order valence-electron chi connectivity index (χ1n) is 3.69. The first-order chi connectivity index (χ1) is 6.69. The summed E-state index contributed by atoms with van der Waals surface area (Å²) >= 11 is 3.21. The summed E-state index contributed by atoms with van der Waals surface area (Å²) in [4.78, 5) is 11.2. The zero-order chi connectivity index (χ0) is 10.6. The van der Waals surface area contributed by atoms with Gasteiger partial charge in [0.1, 0.15) is 11.3 Å². The smallest absolute Gasteiger partial charge is 0.537 e. The molecule has 0 aliphatic rings. The molecule has 1 rings (SSSR count).